The summed E-state index contributed by atoms with van der Waals surface area (Å²) in [6.45, 7) is 1.76. The van der Waals surface area contributed by atoms with Crippen LogP contribution in [0.2, 0.25) is 0 Å². The molecule has 0 aliphatic heterocycles. The smallest absolute Gasteiger partial charge is 0.141 e. The van der Waals surface area contributed by atoms with Crippen LogP contribution in [0.1, 0.15) is 16.8 Å². The zero-order chi connectivity index (χ0) is 13.4. The van der Waals surface area contributed by atoms with E-state index in [0.717, 1.165) is 0 Å². The minimum atomic E-state index is -0.145. The standard InChI is InChI=1S/C8H12N2O2.C5H5N/c1-5-8(12)7(2-9)6(4-11)3-10-5;1-2-4-6-5-3-1/h3,11-12H,2,4,9H2,1H3;1-5H. The fraction of sp³-hybridized carbons (Fsp3) is 0.231. The third-order valence-electron chi connectivity index (χ3n) is 2.37. The molecule has 0 aromatic carbocycles. The Balaban J connectivity index is 0.000000225. The summed E-state index contributed by atoms with van der Waals surface area (Å²) in [4.78, 5) is 7.68. The van der Waals surface area contributed by atoms with Crippen molar-refractivity contribution in [3.63, 3.8) is 0 Å². The van der Waals surface area contributed by atoms with Gasteiger partial charge < -0.3 is 15.9 Å². The van der Waals surface area contributed by atoms with Gasteiger partial charge in [-0.25, -0.2) is 0 Å². The lowest BCUT2D eigenvalue weighted by Gasteiger charge is -2.08. The number of aliphatic hydroxyl groups excluding tert-OH is 1. The molecule has 4 N–H and O–H groups in total. The maximum atomic E-state index is 9.46. The van der Waals surface area contributed by atoms with Gasteiger partial charge in [-0.2, -0.15) is 0 Å². The lowest BCUT2D eigenvalue weighted by Crippen LogP contribution is -2.04. The van der Waals surface area contributed by atoms with Gasteiger partial charge in [0.1, 0.15) is 5.75 Å². The summed E-state index contributed by atoms with van der Waals surface area (Å²) in [5, 5.41) is 18.3. The molecule has 0 saturated heterocycles. The largest absolute Gasteiger partial charge is 0.506 e. The van der Waals surface area contributed by atoms with Crippen LogP contribution >= 0.6 is 0 Å². The van der Waals surface area contributed by atoms with E-state index in [2.05, 4.69) is 9.97 Å². The molecule has 0 amide bonds. The highest BCUT2D eigenvalue weighted by Crippen LogP contribution is 2.22. The van der Waals surface area contributed by atoms with Crippen molar-refractivity contribution in [2.45, 2.75) is 20.1 Å². The lowest BCUT2D eigenvalue weighted by atomic mass is 10.1. The second-order valence-electron chi connectivity index (χ2n) is 3.58. The maximum Gasteiger partial charge on any atom is 0.141 e. The van der Waals surface area contributed by atoms with Gasteiger partial charge in [-0.1, -0.05) is 6.07 Å². The summed E-state index contributed by atoms with van der Waals surface area (Å²) in [6, 6.07) is 5.72. The molecule has 5 heteroatoms. The summed E-state index contributed by atoms with van der Waals surface area (Å²) < 4.78 is 0. The maximum absolute atomic E-state index is 9.46. The van der Waals surface area contributed by atoms with Gasteiger partial charge in [0.25, 0.3) is 0 Å². The number of aryl methyl sites for hydroxylation is 1. The molecular formula is C13H17N3O2. The second kappa shape index (κ2) is 7.37. The van der Waals surface area contributed by atoms with Crippen molar-refractivity contribution in [3.8, 4) is 5.75 Å². The molecule has 96 valence electrons. The van der Waals surface area contributed by atoms with Crippen LogP contribution in [0, 0.1) is 6.92 Å². The molecule has 0 bridgehead atoms. The number of aromatic hydroxyl groups is 1. The van der Waals surface area contributed by atoms with Gasteiger partial charge in [0.2, 0.25) is 0 Å². The van der Waals surface area contributed by atoms with Crippen molar-refractivity contribution in [2.24, 2.45) is 5.73 Å². The topological polar surface area (TPSA) is 92.3 Å². The second-order valence-corrected chi connectivity index (χ2v) is 3.58. The number of nitrogens with two attached hydrogens (primary N) is 1. The van der Waals surface area contributed by atoms with Gasteiger partial charge >= 0.3 is 0 Å². The third-order valence-corrected chi connectivity index (χ3v) is 2.37. The Morgan fingerprint density at radius 1 is 1.22 bits per heavy atom. The predicted molar refractivity (Wildman–Crippen MR) is 68.7 cm³/mol. The van der Waals surface area contributed by atoms with E-state index in [1.165, 1.54) is 6.20 Å². The molecule has 2 aromatic heterocycles. The summed E-state index contributed by atoms with van der Waals surface area (Å²) in [5.74, 6) is 0.0871. The van der Waals surface area contributed by atoms with Crippen LogP contribution in [0.25, 0.3) is 0 Å². The fourth-order valence-corrected chi connectivity index (χ4v) is 1.36. The molecule has 0 aliphatic rings. The quantitative estimate of drug-likeness (QED) is 0.739. The van der Waals surface area contributed by atoms with E-state index < -0.39 is 0 Å². The first-order valence-corrected chi connectivity index (χ1v) is 5.53. The molecule has 2 heterocycles. The van der Waals surface area contributed by atoms with E-state index in [0.29, 0.717) is 16.8 Å². The van der Waals surface area contributed by atoms with Crippen LogP contribution in [0.5, 0.6) is 5.75 Å². The van der Waals surface area contributed by atoms with Crippen molar-refractivity contribution in [1.82, 2.24) is 9.97 Å². The minimum Gasteiger partial charge on any atom is -0.506 e. The van der Waals surface area contributed by atoms with Crippen LogP contribution < -0.4 is 5.73 Å². The minimum absolute atomic E-state index is 0.0871. The molecule has 0 unspecified atom stereocenters. The number of rotatable bonds is 2. The number of nitrogens with zero attached hydrogens (tertiary/aromatic N) is 2. The average Bonchev–Trinajstić information content (AvgIpc) is 2.44. The zero-order valence-corrected chi connectivity index (χ0v) is 10.2. The number of aliphatic hydroxyl groups is 1. The first kappa shape index (κ1) is 14.1. The summed E-state index contributed by atoms with van der Waals surface area (Å²) >= 11 is 0. The van der Waals surface area contributed by atoms with Crippen molar-refractivity contribution < 1.29 is 10.2 Å². The molecule has 0 saturated carbocycles. The number of pyridine rings is 2. The predicted octanol–water partition coefficient (Wildman–Crippen LogP) is 1.13. The van der Waals surface area contributed by atoms with Gasteiger partial charge in [0.05, 0.1) is 12.3 Å². The highest BCUT2D eigenvalue weighted by molar-refractivity contribution is 5.40. The molecule has 0 fully saturated rings. The summed E-state index contributed by atoms with van der Waals surface area (Å²) in [5.41, 5.74) is 7.09. The molecule has 18 heavy (non-hydrogen) atoms. The fourth-order valence-electron chi connectivity index (χ4n) is 1.36. The monoisotopic (exact) mass is 247 g/mol. The van der Waals surface area contributed by atoms with Crippen LogP contribution in [0.3, 0.4) is 0 Å². The van der Waals surface area contributed by atoms with Gasteiger partial charge in [-0.15, -0.1) is 0 Å². The van der Waals surface area contributed by atoms with E-state index >= 15 is 0 Å². The molecule has 2 rings (SSSR count). The molecular weight excluding hydrogens is 230 g/mol. The third kappa shape index (κ3) is 3.80. The van der Waals surface area contributed by atoms with Crippen LogP contribution in [-0.4, -0.2) is 20.2 Å². The molecule has 0 atom stereocenters. The van der Waals surface area contributed by atoms with Gasteiger partial charge in [0, 0.05) is 36.3 Å². The van der Waals surface area contributed by atoms with Crippen molar-refractivity contribution in [2.75, 3.05) is 0 Å². The Labute approximate surface area is 106 Å². The van der Waals surface area contributed by atoms with Crippen LogP contribution in [-0.2, 0) is 13.2 Å². The van der Waals surface area contributed by atoms with E-state index in [-0.39, 0.29) is 18.9 Å². The Hall–Kier alpha value is -1.98. The zero-order valence-electron chi connectivity index (χ0n) is 10.2. The summed E-state index contributed by atoms with van der Waals surface area (Å²) in [6.07, 6.45) is 5.03. The van der Waals surface area contributed by atoms with Crippen molar-refractivity contribution in [1.29, 1.82) is 0 Å². The Morgan fingerprint density at radius 3 is 2.28 bits per heavy atom. The van der Waals surface area contributed by atoms with E-state index in [1.54, 1.807) is 19.3 Å². The van der Waals surface area contributed by atoms with Crippen LogP contribution in [0.15, 0.2) is 36.8 Å². The molecule has 2 aromatic rings. The van der Waals surface area contributed by atoms with Gasteiger partial charge in [-0.05, 0) is 19.1 Å². The molecule has 0 aliphatic carbocycles. The summed E-state index contributed by atoms with van der Waals surface area (Å²) in [7, 11) is 0. The average molecular weight is 247 g/mol. The number of aromatic nitrogens is 2. The van der Waals surface area contributed by atoms with Crippen molar-refractivity contribution >= 4 is 0 Å². The number of hydrogen-bond acceptors (Lipinski definition) is 5. The highest BCUT2D eigenvalue weighted by atomic mass is 16.3. The van der Waals surface area contributed by atoms with E-state index in [1.807, 2.05) is 18.2 Å². The number of hydrogen-bond donors (Lipinski definition) is 3. The molecule has 0 radical (unpaired) electrons. The molecule has 0 spiro atoms. The van der Waals surface area contributed by atoms with Gasteiger partial charge in [-0.3, -0.25) is 9.97 Å². The highest BCUT2D eigenvalue weighted by Gasteiger charge is 2.08. The Morgan fingerprint density at radius 2 is 1.89 bits per heavy atom. The SMILES string of the molecule is Cc1ncc(CO)c(CN)c1O.c1ccncc1. The van der Waals surface area contributed by atoms with Crippen LogP contribution in [0.4, 0.5) is 0 Å². The molecule has 5 nitrogen and oxygen atoms in total. The first-order valence-electron chi connectivity index (χ1n) is 5.53. The first-order chi connectivity index (χ1) is 8.70. The lowest BCUT2D eigenvalue weighted by molar-refractivity contribution is 0.279. The normalized spacial score (nSPS) is 9.50. The van der Waals surface area contributed by atoms with Crippen molar-refractivity contribution in [3.05, 3.63) is 53.6 Å². The van der Waals surface area contributed by atoms with Gasteiger partial charge in [0.15, 0.2) is 0 Å². The Bertz CT molecular complexity index is 448. The Kier molecular flexibility index (Phi) is 5.76. The van der Waals surface area contributed by atoms with E-state index in [9.17, 15) is 5.11 Å². The van der Waals surface area contributed by atoms with E-state index in [4.69, 9.17) is 10.8 Å².